The Balaban J connectivity index is 1.71. The van der Waals surface area contributed by atoms with Crippen molar-refractivity contribution in [2.24, 2.45) is 0 Å². The SMILES string of the molecule is COCCn1c(=O)c([NH2+]CCc2cnc[nH]2)nc2ccc(-c3ccc(F)c(F)c3)nc21. The normalized spacial score (nSPS) is 11.3. The molecule has 0 amide bonds. The number of pyridine rings is 1. The van der Waals surface area contributed by atoms with E-state index in [1.165, 1.54) is 10.6 Å². The van der Waals surface area contributed by atoms with E-state index < -0.39 is 11.6 Å². The number of H-pyrrole nitrogens is 1. The van der Waals surface area contributed by atoms with Gasteiger partial charge in [-0.2, -0.15) is 4.98 Å². The van der Waals surface area contributed by atoms with Crippen LogP contribution in [0.4, 0.5) is 14.6 Å². The Morgan fingerprint density at radius 2 is 2.03 bits per heavy atom. The first-order valence-corrected chi connectivity index (χ1v) is 9.73. The summed E-state index contributed by atoms with van der Waals surface area (Å²) in [5.74, 6) is -1.57. The van der Waals surface area contributed by atoms with Crippen molar-refractivity contribution in [1.82, 2.24) is 24.5 Å². The summed E-state index contributed by atoms with van der Waals surface area (Å²) in [6.45, 7) is 1.20. The van der Waals surface area contributed by atoms with Gasteiger partial charge in [0.1, 0.15) is 5.52 Å². The summed E-state index contributed by atoms with van der Waals surface area (Å²) >= 11 is 0. The fourth-order valence-electron chi connectivity index (χ4n) is 3.26. The number of hydrogen-bond acceptors (Lipinski definition) is 5. The predicted octanol–water partition coefficient (Wildman–Crippen LogP) is 1.54. The topological polar surface area (TPSA) is 102 Å². The Hall–Kier alpha value is -3.50. The number of aromatic amines is 1. The molecule has 3 heterocycles. The highest BCUT2D eigenvalue weighted by atomic mass is 19.2. The molecular weight excluding hydrogens is 406 g/mol. The molecule has 10 heteroatoms. The van der Waals surface area contributed by atoms with Crippen molar-refractivity contribution in [1.29, 1.82) is 0 Å². The van der Waals surface area contributed by atoms with Crippen molar-refractivity contribution in [3.05, 3.63) is 70.5 Å². The van der Waals surface area contributed by atoms with E-state index in [1.54, 1.807) is 37.1 Å². The Kier molecular flexibility index (Phi) is 6.10. The van der Waals surface area contributed by atoms with Crippen LogP contribution in [0.5, 0.6) is 0 Å². The van der Waals surface area contributed by atoms with Crippen LogP contribution in [-0.4, -0.2) is 44.8 Å². The van der Waals surface area contributed by atoms with Crippen molar-refractivity contribution in [3.8, 4) is 11.3 Å². The van der Waals surface area contributed by atoms with Gasteiger partial charge in [-0.3, -0.25) is 14.7 Å². The van der Waals surface area contributed by atoms with Gasteiger partial charge in [-0.15, -0.1) is 0 Å². The molecule has 0 fully saturated rings. The van der Waals surface area contributed by atoms with Gasteiger partial charge in [0.25, 0.3) is 5.82 Å². The van der Waals surface area contributed by atoms with E-state index >= 15 is 0 Å². The summed E-state index contributed by atoms with van der Waals surface area (Å²) < 4.78 is 33.6. The lowest BCUT2D eigenvalue weighted by Crippen LogP contribution is -2.81. The first kappa shape index (κ1) is 20.8. The third-order valence-corrected chi connectivity index (χ3v) is 4.86. The molecule has 31 heavy (non-hydrogen) atoms. The summed E-state index contributed by atoms with van der Waals surface area (Å²) in [6.07, 6.45) is 4.05. The smallest absolute Gasteiger partial charge is 0.334 e. The molecule has 0 aliphatic carbocycles. The number of benzene rings is 1. The molecule has 1 aromatic carbocycles. The summed E-state index contributed by atoms with van der Waals surface area (Å²) in [5.41, 5.74) is 2.37. The Morgan fingerprint density at radius 1 is 1.16 bits per heavy atom. The van der Waals surface area contributed by atoms with Crippen LogP contribution < -0.4 is 10.9 Å². The lowest BCUT2D eigenvalue weighted by Gasteiger charge is -2.11. The van der Waals surface area contributed by atoms with Gasteiger partial charge in [-0.05, 0) is 30.3 Å². The van der Waals surface area contributed by atoms with E-state index in [2.05, 4.69) is 19.9 Å². The predicted molar refractivity (Wildman–Crippen MR) is 110 cm³/mol. The molecule has 0 aliphatic rings. The van der Waals surface area contributed by atoms with Gasteiger partial charge >= 0.3 is 5.56 Å². The fourth-order valence-corrected chi connectivity index (χ4v) is 3.26. The number of methoxy groups -OCH3 is 1. The highest BCUT2D eigenvalue weighted by molar-refractivity contribution is 5.75. The molecule has 0 saturated carbocycles. The van der Waals surface area contributed by atoms with Crippen molar-refractivity contribution < 1.29 is 18.8 Å². The molecule has 3 N–H and O–H groups in total. The Bertz CT molecular complexity index is 1260. The van der Waals surface area contributed by atoms with E-state index in [0.717, 1.165) is 17.8 Å². The van der Waals surface area contributed by atoms with E-state index in [4.69, 9.17) is 4.74 Å². The van der Waals surface area contributed by atoms with Crippen LogP contribution in [0.1, 0.15) is 5.69 Å². The van der Waals surface area contributed by atoms with Crippen LogP contribution in [-0.2, 0) is 17.7 Å². The van der Waals surface area contributed by atoms with Gasteiger partial charge in [-0.25, -0.2) is 18.7 Å². The van der Waals surface area contributed by atoms with Gasteiger partial charge in [-0.1, -0.05) is 0 Å². The van der Waals surface area contributed by atoms with Crippen molar-refractivity contribution in [2.45, 2.75) is 13.0 Å². The maximum Gasteiger partial charge on any atom is 0.334 e. The molecule has 0 bridgehead atoms. The molecule has 0 unspecified atom stereocenters. The summed E-state index contributed by atoms with van der Waals surface area (Å²) in [7, 11) is 1.55. The molecule has 4 aromatic rings. The first-order valence-electron chi connectivity index (χ1n) is 9.73. The van der Waals surface area contributed by atoms with Gasteiger partial charge in [0.2, 0.25) is 0 Å². The average Bonchev–Trinajstić information content (AvgIpc) is 3.29. The number of aromatic nitrogens is 5. The van der Waals surface area contributed by atoms with Gasteiger partial charge < -0.3 is 9.72 Å². The second kappa shape index (κ2) is 9.11. The third-order valence-electron chi connectivity index (χ3n) is 4.86. The summed E-state index contributed by atoms with van der Waals surface area (Å²) in [4.78, 5) is 29.1. The zero-order chi connectivity index (χ0) is 21.8. The second-order valence-electron chi connectivity index (χ2n) is 6.93. The van der Waals surface area contributed by atoms with E-state index in [-0.39, 0.29) is 12.1 Å². The quantitative estimate of drug-likeness (QED) is 0.444. The summed E-state index contributed by atoms with van der Waals surface area (Å²) in [5, 5.41) is 1.79. The molecular formula is C21H21F2N6O2+. The van der Waals surface area contributed by atoms with Gasteiger partial charge in [0, 0.05) is 31.0 Å². The lowest BCUT2D eigenvalue weighted by molar-refractivity contribution is -0.575. The number of fused-ring (bicyclic) bond motifs is 1. The molecule has 3 aromatic heterocycles. The van der Waals surface area contributed by atoms with Gasteiger partial charge in [0.05, 0.1) is 31.7 Å². The first-order chi connectivity index (χ1) is 15.1. The van der Waals surface area contributed by atoms with Crippen LogP contribution in [0.25, 0.3) is 22.4 Å². The molecule has 0 spiro atoms. The van der Waals surface area contributed by atoms with Crippen LogP contribution in [0.3, 0.4) is 0 Å². The van der Waals surface area contributed by atoms with Crippen LogP contribution in [0, 0.1) is 11.6 Å². The summed E-state index contributed by atoms with van der Waals surface area (Å²) in [6, 6.07) is 6.95. The average molecular weight is 427 g/mol. The molecule has 0 aliphatic heterocycles. The minimum atomic E-state index is -0.962. The van der Waals surface area contributed by atoms with Crippen LogP contribution in [0.15, 0.2) is 47.7 Å². The molecule has 8 nitrogen and oxygen atoms in total. The molecule has 160 valence electrons. The number of nitrogens with one attached hydrogen (secondary N) is 1. The minimum absolute atomic E-state index is 0.282. The van der Waals surface area contributed by atoms with Crippen LogP contribution >= 0.6 is 0 Å². The number of rotatable bonds is 8. The maximum atomic E-state index is 13.7. The van der Waals surface area contributed by atoms with Crippen molar-refractivity contribution in [2.75, 3.05) is 20.3 Å². The van der Waals surface area contributed by atoms with E-state index in [9.17, 15) is 13.6 Å². The second-order valence-corrected chi connectivity index (χ2v) is 6.93. The molecule has 4 rings (SSSR count). The fraction of sp³-hybridized carbons (Fsp3) is 0.238. The highest BCUT2D eigenvalue weighted by Gasteiger charge is 2.16. The minimum Gasteiger partial charge on any atom is -0.383 e. The maximum absolute atomic E-state index is 13.7. The molecule has 0 atom stereocenters. The largest absolute Gasteiger partial charge is 0.383 e. The van der Waals surface area contributed by atoms with Gasteiger partial charge in [0.15, 0.2) is 17.3 Å². The third kappa shape index (κ3) is 4.49. The number of nitrogens with two attached hydrogens (primary N) is 1. The van der Waals surface area contributed by atoms with Crippen molar-refractivity contribution in [3.63, 3.8) is 0 Å². The molecule has 0 radical (unpaired) electrons. The van der Waals surface area contributed by atoms with Crippen molar-refractivity contribution >= 4 is 17.0 Å². The molecule has 0 saturated heterocycles. The standard InChI is InChI=1S/C21H20F2N6O2/c1-31-9-8-29-20-18(5-4-17(28-20)13-2-3-15(22)16(23)10-13)27-19(21(29)30)25-7-6-14-11-24-12-26-14/h2-5,10-12H,6-9H2,1H3,(H,24,26)(H,25,27)/p+1. The van der Waals surface area contributed by atoms with E-state index in [1.807, 2.05) is 0 Å². The number of quaternary nitrogens is 1. The number of halogens is 2. The Labute approximate surface area is 176 Å². The lowest BCUT2D eigenvalue weighted by atomic mass is 10.1. The Morgan fingerprint density at radius 3 is 2.77 bits per heavy atom. The van der Waals surface area contributed by atoms with E-state index in [0.29, 0.717) is 47.8 Å². The zero-order valence-electron chi connectivity index (χ0n) is 16.8. The zero-order valence-corrected chi connectivity index (χ0v) is 16.8. The van der Waals surface area contributed by atoms with Crippen LogP contribution in [0.2, 0.25) is 0 Å². The highest BCUT2D eigenvalue weighted by Crippen LogP contribution is 2.22. The monoisotopic (exact) mass is 427 g/mol. The number of imidazole rings is 1. The number of ether oxygens (including phenoxy) is 1. The number of nitrogens with zero attached hydrogens (tertiary/aromatic N) is 4. The number of hydrogen-bond donors (Lipinski definition) is 2.